The van der Waals surface area contributed by atoms with Crippen molar-refractivity contribution in [3.05, 3.63) is 83.2 Å². The summed E-state index contributed by atoms with van der Waals surface area (Å²) >= 11 is 0. The topological polar surface area (TPSA) is 84.7 Å². The van der Waals surface area contributed by atoms with E-state index in [0.29, 0.717) is 12.4 Å². The van der Waals surface area contributed by atoms with Crippen molar-refractivity contribution in [1.29, 1.82) is 0 Å². The monoisotopic (exact) mass is 386 g/mol. The summed E-state index contributed by atoms with van der Waals surface area (Å²) in [5, 5.41) is 19.8. The minimum Gasteiger partial charge on any atom is -0.334 e. The summed E-state index contributed by atoms with van der Waals surface area (Å²) in [6, 6.07) is 19.9. The molecule has 7 heteroatoms. The highest BCUT2D eigenvalue weighted by atomic mass is 16.2. The van der Waals surface area contributed by atoms with E-state index in [2.05, 4.69) is 51.3 Å². The lowest BCUT2D eigenvalue weighted by Gasteiger charge is -2.10. The molecule has 4 aromatic rings. The highest BCUT2D eigenvalue weighted by Gasteiger charge is 2.11. The largest absolute Gasteiger partial charge is 0.334 e. The standard InChI is InChI=1S/C22H22N6O/c1-15-10-11-19(12-16(15)2)28-21(25-26-27-28)14-24-22(29)23-13-18-8-5-7-17-6-3-4-9-20(17)18/h3-12H,13-14H2,1-2H3,(H2,23,24,29). The van der Waals surface area contributed by atoms with Gasteiger partial charge in [0.15, 0.2) is 5.82 Å². The third-order valence-corrected chi connectivity index (χ3v) is 5.00. The molecule has 0 bridgehead atoms. The molecule has 7 nitrogen and oxygen atoms in total. The van der Waals surface area contributed by atoms with Crippen LogP contribution < -0.4 is 10.6 Å². The summed E-state index contributed by atoms with van der Waals surface area (Å²) in [6.45, 7) is 4.76. The van der Waals surface area contributed by atoms with E-state index in [-0.39, 0.29) is 12.6 Å². The number of rotatable bonds is 5. The van der Waals surface area contributed by atoms with Crippen LogP contribution in [0.25, 0.3) is 16.5 Å². The van der Waals surface area contributed by atoms with Gasteiger partial charge in [0.05, 0.1) is 12.2 Å². The Balaban J connectivity index is 1.39. The number of hydrogen-bond donors (Lipinski definition) is 2. The van der Waals surface area contributed by atoms with E-state index in [0.717, 1.165) is 27.6 Å². The SMILES string of the molecule is Cc1ccc(-n2nnnc2CNC(=O)NCc2cccc3ccccc23)cc1C. The van der Waals surface area contributed by atoms with Crippen molar-refractivity contribution in [1.82, 2.24) is 30.8 Å². The number of amides is 2. The number of carbonyl (C=O) groups is 1. The van der Waals surface area contributed by atoms with Crippen LogP contribution in [0.15, 0.2) is 60.7 Å². The van der Waals surface area contributed by atoms with E-state index < -0.39 is 0 Å². The summed E-state index contributed by atoms with van der Waals surface area (Å²) in [5.41, 5.74) is 4.29. The normalized spacial score (nSPS) is 10.8. The van der Waals surface area contributed by atoms with Crippen LogP contribution in [0.2, 0.25) is 0 Å². The number of nitrogens with zero attached hydrogens (tertiary/aromatic N) is 4. The van der Waals surface area contributed by atoms with Crippen molar-refractivity contribution < 1.29 is 4.79 Å². The summed E-state index contributed by atoms with van der Waals surface area (Å²) < 4.78 is 1.64. The van der Waals surface area contributed by atoms with Gasteiger partial charge in [0, 0.05) is 6.54 Å². The van der Waals surface area contributed by atoms with E-state index in [1.165, 1.54) is 5.56 Å². The summed E-state index contributed by atoms with van der Waals surface area (Å²) in [7, 11) is 0. The van der Waals surface area contributed by atoms with E-state index in [4.69, 9.17) is 0 Å². The Hall–Kier alpha value is -3.74. The van der Waals surface area contributed by atoms with Crippen molar-refractivity contribution in [2.45, 2.75) is 26.9 Å². The molecule has 4 rings (SSSR count). The number of hydrogen-bond acceptors (Lipinski definition) is 4. The second kappa shape index (κ2) is 8.10. The van der Waals surface area contributed by atoms with Gasteiger partial charge < -0.3 is 10.6 Å². The lowest BCUT2D eigenvalue weighted by atomic mass is 10.0. The smallest absolute Gasteiger partial charge is 0.315 e. The summed E-state index contributed by atoms with van der Waals surface area (Å²) in [6.07, 6.45) is 0. The van der Waals surface area contributed by atoms with Gasteiger partial charge in [0.2, 0.25) is 0 Å². The zero-order chi connectivity index (χ0) is 20.2. The molecular weight excluding hydrogens is 364 g/mol. The molecule has 3 aromatic carbocycles. The lowest BCUT2D eigenvalue weighted by molar-refractivity contribution is 0.240. The van der Waals surface area contributed by atoms with Gasteiger partial charge in [-0.15, -0.1) is 5.10 Å². The number of nitrogens with one attached hydrogen (secondary N) is 2. The fourth-order valence-corrected chi connectivity index (χ4v) is 3.22. The first-order chi connectivity index (χ1) is 14.1. The van der Waals surface area contributed by atoms with Gasteiger partial charge in [-0.1, -0.05) is 48.5 Å². The molecule has 2 amide bonds. The summed E-state index contributed by atoms with van der Waals surface area (Å²) in [5.74, 6) is 0.563. The molecule has 146 valence electrons. The van der Waals surface area contributed by atoms with Gasteiger partial charge in [0.25, 0.3) is 0 Å². The second-order valence-corrected chi connectivity index (χ2v) is 6.95. The molecule has 0 spiro atoms. The average molecular weight is 386 g/mol. The minimum absolute atomic E-state index is 0.224. The maximum absolute atomic E-state index is 12.3. The molecule has 0 aliphatic heterocycles. The fraction of sp³-hybridized carbons (Fsp3) is 0.182. The predicted molar refractivity (Wildman–Crippen MR) is 112 cm³/mol. The van der Waals surface area contributed by atoms with E-state index in [9.17, 15) is 4.79 Å². The Morgan fingerprint density at radius 3 is 2.59 bits per heavy atom. The van der Waals surface area contributed by atoms with E-state index in [1.54, 1.807) is 4.68 Å². The number of fused-ring (bicyclic) bond motifs is 1. The number of aromatic nitrogens is 4. The van der Waals surface area contributed by atoms with Crippen LogP contribution in [0.4, 0.5) is 4.79 Å². The van der Waals surface area contributed by atoms with Crippen LogP contribution in [0.5, 0.6) is 0 Å². The third kappa shape index (κ3) is 4.08. The fourth-order valence-electron chi connectivity index (χ4n) is 3.22. The Bertz CT molecular complexity index is 1160. The summed E-state index contributed by atoms with van der Waals surface area (Å²) in [4.78, 5) is 12.3. The highest BCUT2D eigenvalue weighted by molar-refractivity contribution is 5.86. The minimum atomic E-state index is -0.271. The van der Waals surface area contributed by atoms with E-state index >= 15 is 0 Å². The van der Waals surface area contributed by atoms with Gasteiger partial charge in [0.1, 0.15) is 0 Å². The zero-order valence-electron chi connectivity index (χ0n) is 16.4. The first-order valence-corrected chi connectivity index (χ1v) is 9.45. The van der Waals surface area contributed by atoms with Crippen molar-refractivity contribution in [3.8, 4) is 5.69 Å². The Morgan fingerprint density at radius 1 is 0.931 bits per heavy atom. The van der Waals surface area contributed by atoms with E-state index in [1.807, 2.05) is 49.4 Å². The van der Waals surface area contributed by atoms with Gasteiger partial charge in [-0.3, -0.25) is 0 Å². The Labute approximate surface area is 168 Å². The third-order valence-electron chi connectivity index (χ3n) is 5.00. The second-order valence-electron chi connectivity index (χ2n) is 6.95. The molecular formula is C22H22N6O. The highest BCUT2D eigenvalue weighted by Crippen LogP contribution is 2.18. The maximum Gasteiger partial charge on any atom is 0.315 e. The van der Waals surface area contributed by atoms with Crippen LogP contribution >= 0.6 is 0 Å². The van der Waals surface area contributed by atoms with Crippen molar-refractivity contribution in [2.24, 2.45) is 0 Å². The van der Waals surface area contributed by atoms with Crippen molar-refractivity contribution in [3.63, 3.8) is 0 Å². The van der Waals surface area contributed by atoms with Crippen LogP contribution in [-0.2, 0) is 13.1 Å². The molecule has 0 saturated carbocycles. The van der Waals surface area contributed by atoms with Gasteiger partial charge in [-0.2, -0.15) is 4.68 Å². The first-order valence-electron chi connectivity index (χ1n) is 9.45. The van der Waals surface area contributed by atoms with Crippen LogP contribution in [0.1, 0.15) is 22.5 Å². The molecule has 0 unspecified atom stereocenters. The predicted octanol–water partition coefficient (Wildman–Crippen LogP) is 3.43. The number of aryl methyl sites for hydroxylation is 2. The molecule has 0 saturated heterocycles. The molecule has 29 heavy (non-hydrogen) atoms. The van der Waals surface area contributed by atoms with Gasteiger partial charge in [-0.05, 0) is 63.9 Å². The lowest BCUT2D eigenvalue weighted by Crippen LogP contribution is -2.35. The molecule has 1 heterocycles. The molecule has 0 atom stereocenters. The molecule has 0 radical (unpaired) electrons. The molecule has 2 N–H and O–H groups in total. The van der Waals surface area contributed by atoms with Crippen LogP contribution in [0, 0.1) is 13.8 Å². The first kappa shape index (κ1) is 18.6. The van der Waals surface area contributed by atoms with Crippen molar-refractivity contribution in [2.75, 3.05) is 0 Å². The molecule has 0 aliphatic carbocycles. The maximum atomic E-state index is 12.3. The quantitative estimate of drug-likeness (QED) is 0.550. The van der Waals surface area contributed by atoms with Crippen LogP contribution in [-0.4, -0.2) is 26.2 Å². The zero-order valence-corrected chi connectivity index (χ0v) is 16.4. The molecule has 1 aromatic heterocycles. The number of urea groups is 1. The molecule has 0 fully saturated rings. The van der Waals surface area contributed by atoms with Crippen molar-refractivity contribution >= 4 is 16.8 Å². The Morgan fingerprint density at radius 2 is 1.72 bits per heavy atom. The van der Waals surface area contributed by atoms with Gasteiger partial charge in [-0.25, -0.2) is 4.79 Å². The van der Waals surface area contributed by atoms with Gasteiger partial charge >= 0.3 is 6.03 Å². The molecule has 0 aliphatic rings. The number of benzene rings is 3. The Kier molecular flexibility index (Phi) is 5.20. The average Bonchev–Trinajstić information content (AvgIpc) is 3.21. The number of tetrazole rings is 1. The van der Waals surface area contributed by atoms with Crippen LogP contribution in [0.3, 0.4) is 0 Å². The number of carbonyl (C=O) groups excluding carboxylic acids is 1.